The Hall–Kier alpha value is -2.35. The molecule has 0 aliphatic carbocycles. The summed E-state index contributed by atoms with van der Waals surface area (Å²) >= 11 is 12.2. The number of aryl methyl sites for hydroxylation is 2. The van der Waals surface area contributed by atoms with Gasteiger partial charge in [0.15, 0.2) is 0 Å². The number of rotatable bonds is 9. The van der Waals surface area contributed by atoms with Crippen LogP contribution in [0.15, 0.2) is 30.3 Å². The van der Waals surface area contributed by atoms with E-state index < -0.39 is 17.9 Å². The largest absolute Gasteiger partial charge is 0.480 e. The number of hydrogen-bond acceptors (Lipinski definition) is 5. The number of likely N-dealkylation sites (tertiary alicyclic amines) is 1. The number of amides is 1. The highest BCUT2D eigenvalue weighted by atomic mass is 35.5. The second-order valence-corrected chi connectivity index (χ2v) is 9.90. The first-order valence-corrected chi connectivity index (χ1v) is 12.6. The van der Waals surface area contributed by atoms with E-state index in [0.29, 0.717) is 18.9 Å². The van der Waals surface area contributed by atoms with Crippen molar-refractivity contribution < 1.29 is 14.7 Å². The van der Waals surface area contributed by atoms with Crippen LogP contribution in [0.2, 0.25) is 10.0 Å². The molecule has 1 aromatic heterocycles. The molecule has 0 radical (unpaired) electrons. The zero-order chi connectivity index (χ0) is 24.1. The highest BCUT2D eigenvalue weighted by Gasteiger charge is 2.27. The van der Waals surface area contributed by atoms with E-state index in [0.717, 1.165) is 63.3 Å². The van der Waals surface area contributed by atoms with Crippen molar-refractivity contribution in [2.45, 2.75) is 44.6 Å². The molecule has 34 heavy (non-hydrogen) atoms. The Balaban J connectivity index is 1.24. The minimum Gasteiger partial charge on any atom is -0.480 e. The number of nitrogens with one attached hydrogen (secondary N) is 2. The van der Waals surface area contributed by atoms with E-state index in [1.54, 1.807) is 18.2 Å². The summed E-state index contributed by atoms with van der Waals surface area (Å²) in [6, 6.07) is 8.08. The molecule has 3 N–H and O–H groups in total. The molecule has 0 bridgehead atoms. The third-order valence-corrected chi connectivity index (χ3v) is 7.29. The summed E-state index contributed by atoms with van der Waals surface area (Å²) in [6.07, 6.45) is 5.66. The molecule has 1 aromatic carbocycles. The number of anilines is 1. The average Bonchev–Trinajstić information content (AvgIpc) is 3.28. The van der Waals surface area contributed by atoms with Gasteiger partial charge in [-0.2, -0.15) is 0 Å². The van der Waals surface area contributed by atoms with Crippen LogP contribution >= 0.6 is 23.2 Å². The zero-order valence-electron chi connectivity index (χ0n) is 19.0. The van der Waals surface area contributed by atoms with Crippen LogP contribution < -0.4 is 10.6 Å². The summed E-state index contributed by atoms with van der Waals surface area (Å²) in [5.74, 6) is -0.0454. The van der Waals surface area contributed by atoms with Gasteiger partial charge in [0.05, 0.1) is 15.6 Å². The fourth-order valence-corrected chi connectivity index (χ4v) is 5.29. The Kier molecular flexibility index (Phi) is 8.29. The number of fused-ring (bicyclic) bond motifs is 1. The van der Waals surface area contributed by atoms with Gasteiger partial charge in [-0.25, -0.2) is 9.78 Å². The highest BCUT2D eigenvalue weighted by Crippen LogP contribution is 2.26. The van der Waals surface area contributed by atoms with Gasteiger partial charge in [-0.15, -0.1) is 0 Å². The van der Waals surface area contributed by atoms with Gasteiger partial charge in [0.25, 0.3) is 5.91 Å². The van der Waals surface area contributed by atoms with Crippen LogP contribution in [0.5, 0.6) is 0 Å². The first-order valence-electron chi connectivity index (χ1n) is 11.8. The molecule has 2 aromatic rings. The normalized spacial score (nSPS) is 18.7. The molecule has 7 nitrogen and oxygen atoms in total. The van der Waals surface area contributed by atoms with Gasteiger partial charge in [0.1, 0.15) is 11.9 Å². The number of hydrogen-bond donors (Lipinski definition) is 3. The predicted molar refractivity (Wildman–Crippen MR) is 134 cm³/mol. The number of carbonyl (C=O) groups excluding carboxylic acids is 1. The molecule has 1 saturated heterocycles. The van der Waals surface area contributed by atoms with Crippen LogP contribution in [-0.4, -0.2) is 59.1 Å². The fourth-order valence-electron chi connectivity index (χ4n) is 4.73. The summed E-state index contributed by atoms with van der Waals surface area (Å²) in [4.78, 5) is 31.4. The van der Waals surface area contributed by atoms with Gasteiger partial charge in [0, 0.05) is 25.3 Å². The molecule has 1 fully saturated rings. The van der Waals surface area contributed by atoms with E-state index in [2.05, 4.69) is 27.7 Å². The molecule has 0 unspecified atom stereocenters. The first kappa shape index (κ1) is 24.8. The number of carbonyl (C=O) groups is 2. The van der Waals surface area contributed by atoms with Crippen LogP contribution in [0, 0.1) is 5.92 Å². The summed E-state index contributed by atoms with van der Waals surface area (Å²) in [6.45, 7) is 3.45. The lowest BCUT2D eigenvalue weighted by atomic mass is 10.00. The van der Waals surface area contributed by atoms with Crippen molar-refractivity contribution in [2.75, 3.05) is 31.5 Å². The van der Waals surface area contributed by atoms with Gasteiger partial charge >= 0.3 is 5.97 Å². The molecule has 2 aliphatic heterocycles. The van der Waals surface area contributed by atoms with Gasteiger partial charge in [-0.1, -0.05) is 35.3 Å². The molecule has 2 atom stereocenters. The lowest BCUT2D eigenvalue weighted by Gasteiger charge is -2.20. The zero-order valence-corrected chi connectivity index (χ0v) is 20.5. The highest BCUT2D eigenvalue weighted by molar-refractivity contribution is 6.39. The van der Waals surface area contributed by atoms with E-state index in [1.807, 2.05) is 0 Å². The van der Waals surface area contributed by atoms with Crippen LogP contribution in [0.25, 0.3) is 0 Å². The summed E-state index contributed by atoms with van der Waals surface area (Å²) in [5, 5.41) is 16.0. The molecule has 0 spiro atoms. The van der Waals surface area contributed by atoms with Gasteiger partial charge in [-0.3, -0.25) is 4.79 Å². The molecule has 9 heteroatoms. The van der Waals surface area contributed by atoms with Crippen molar-refractivity contribution >= 4 is 40.9 Å². The molecule has 182 valence electrons. The van der Waals surface area contributed by atoms with Crippen molar-refractivity contribution in [1.82, 2.24) is 15.2 Å². The Morgan fingerprint density at radius 2 is 2.03 bits per heavy atom. The van der Waals surface area contributed by atoms with Crippen molar-refractivity contribution in [2.24, 2.45) is 5.92 Å². The van der Waals surface area contributed by atoms with Gasteiger partial charge < -0.3 is 20.6 Å². The van der Waals surface area contributed by atoms with Crippen molar-refractivity contribution in [3.63, 3.8) is 0 Å². The van der Waals surface area contributed by atoms with Crippen molar-refractivity contribution in [3.8, 4) is 0 Å². The molecule has 3 heterocycles. The minimum absolute atomic E-state index is 0.101. The maximum Gasteiger partial charge on any atom is 0.326 e. The Morgan fingerprint density at radius 3 is 2.79 bits per heavy atom. The first-order chi connectivity index (χ1) is 16.4. The SMILES string of the molecule is O=C(N[C@H](CCN1CC[C@@H](CCc2ccc3c(n2)NCCC3)C1)C(=O)O)c1c(Cl)cccc1Cl. The van der Waals surface area contributed by atoms with Crippen LogP contribution in [0.3, 0.4) is 0 Å². The third-order valence-electron chi connectivity index (χ3n) is 6.66. The van der Waals surface area contributed by atoms with Crippen LogP contribution in [0.1, 0.15) is 47.3 Å². The molecule has 1 amide bonds. The molecule has 2 aliphatic rings. The van der Waals surface area contributed by atoms with E-state index >= 15 is 0 Å². The Bertz CT molecular complexity index is 1030. The lowest BCUT2D eigenvalue weighted by Crippen LogP contribution is -2.43. The fraction of sp³-hybridized carbons (Fsp3) is 0.480. The Morgan fingerprint density at radius 1 is 1.24 bits per heavy atom. The predicted octanol–water partition coefficient (Wildman–Crippen LogP) is 4.27. The summed E-state index contributed by atoms with van der Waals surface area (Å²) in [5.41, 5.74) is 2.53. The standard InChI is InChI=1S/C25H30Cl2N4O3/c26-19-4-1-5-20(27)22(19)24(32)30-21(25(33)34)11-14-31-13-10-16(15-31)6-8-18-9-7-17-3-2-12-28-23(17)29-18/h1,4-5,7,9,16,21H,2-3,6,8,10-15H2,(H,28,29)(H,30,32)(H,33,34)/t16-,21-/m1/s1. The topological polar surface area (TPSA) is 94.6 Å². The van der Waals surface area contributed by atoms with E-state index in [9.17, 15) is 14.7 Å². The lowest BCUT2D eigenvalue weighted by molar-refractivity contribution is -0.139. The maximum atomic E-state index is 12.6. The quantitative estimate of drug-likeness (QED) is 0.471. The van der Waals surface area contributed by atoms with Crippen molar-refractivity contribution in [1.29, 1.82) is 0 Å². The second-order valence-electron chi connectivity index (χ2n) is 9.08. The smallest absolute Gasteiger partial charge is 0.326 e. The number of aromatic nitrogens is 1. The maximum absolute atomic E-state index is 12.6. The number of pyridine rings is 1. The number of halogens is 2. The number of aliphatic carboxylic acids is 1. The number of carboxylic acid groups (broad SMARTS) is 1. The Labute approximate surface area is 209 Å². The summed E-state index contributed by atoms with van der Waals surface area (Å²) in [7, 11) is 0. The van der Waals surface area contributed by atoms with Gasteiger partial charge in [-0.05, 0) is 74.8 Å². The van der Waals surface area contributed by atoms with Crippen LogP contribution in [0.4, 0.5) is 5.82 Å². The molecular formula is C25H30Cl2N4O3. The molecular weight excluding hydrogens is 475 g/mol. The number of carboxylic acids is 1. The van der Waals surface area contributed by atoms with Crippen LogP contribution in [-0.2, 0) is 17.6 Å². The monoisotopic (exact) mass is 504 g/mol. The third kappa shape index (κ3) is 6.20. The summed E-state index contributed by atoms with van der Waals surface area (Å²) < 4.78 is 0. The molecule has 4 rings (SSSR count). The number of benzene rings is 1. The molecule has 0 saturated carbocycles. The minimum atomic E-state index is -1.07. The van der Waals surface area contributed by atoms with E-state index in [1.165, 1.54) is 5.56 Å². The van der Waals surface area contributed by atoms with Gasteiger partial charge in [0.2, 0.25) is 0 Å². The average molecular weight is 505 g/mol. The second kappa shape index (κ2) is 11.4. The van der Waals surface area contributed by atoms with E-state index in [4.69, 9.17) is 28.2 Å². The van der Waals surface area contributed by atoms with E-state index in [-0.39, 0.29) is 15.6 Å². The number of nitrogens with zero attached hydrogens (tertiary/aromatic N) is 2. The van der Waals surface area contributed by atoms with Crippen molar-refractivity contribution in [3.05, 3.63) is 57.2 Å².